The maximum Gasteiger partial charge on any atom is 0.255 e. The number of aromatic nitrogens is 3. The van der Waals surface area contributed by atoms with Crippen molar-refractivity contribution >= 4 is 28.8 Å². The number of fused-ring (bicyclic) bond motifs is 1. The molecule has 2 amide bonds. The zero-order valence-corrected chi connectivity index (χ0v) is 17.5. The summed E-state index contributed by atoms with van der Waals surface area (Å²) in [6, 6.07) is -0.308. The van der Waals surface area contributed by atoms with Crippen LogP contribution >= 0.6 is 0 Å². The van der Waals surface area contributed by atoms with Gasteiger partial charge in [0.25, 0.3) is 5.91 Å². The molecule has 0 aromatic carbocycles. The van der Waals surface area contributed by atoms with Crippen molar-refractivity contribution in [3.8, 4) is 0 Å². The Morgan fingerprint density at radius 2 is 2.27 bits per heavy atom. The number of amides is 2. The number of hydrogen-bond acceptors (Lipinski definition) is 7. The summed E-state index contributed by atoms with van der Waals surface area (Å²) in [5.41, 5.74) is 1.38. The molecule has 2 aromatic heterocycles. The van der Waals surface area contributed by atoms with Crippen molar-refractivity contribution in [3.63, 3.8) is 0 Å². The highest BCUT2D eigenvalue weighted by Gasteiger charge is 2.31. The first kappa shape index (κ1) is 21.7. The molecule has 30 heavy (non-hydrogen) atoms. The van der Waals surface area contributed by atoms with Crippen LogP contribution < -0.4 is 10.6 Å². The van der Waals surface area contributed by atoms with E-state index in [0.717, 1.165) is 0 Å². The first-order valence-electron chi connectivity index (χ1n) is 9.81. The van der Waals surface area contributed by atoms with Crippen LogP contribution in [0.2, 0.25) is 0 Å². The Kier molecular flexibility index (Phi) is 7.01. The Balaban J connectivity index is 1.79. The van der Waals surface area contributed by atoms with Crippen LogP contribution in [0.1, 0.15) is 23.7 Å². The van der Waals surface area contributed by atoms with E-state index < -0.39 is 0 Å². The lowest BCUT2D eigenvalue weighted by atomic mass is 10.0. The zero-order valence-electron chi connectivity index (χ0n) is 17.5. The molecule has 10 heteroatoms. The predicted molar refractivity (Wildman–Crippen MR) is 112 cm³/mol. The van der Waals surface area contributed by atoms with E-state index in [0.29, 0.717) is 48.7 Å². The van der Waals surface area contributed by atoms with Crippen molar-refractivity contribution in [3.05, 3.63) is 30.6 Å². The highest BCUT2D eigenvalue weighted by molar-refractivity contribution is 6.04. The summed E-state index contributed by atoms with van der Waals surface area (Å²) in [5, 5.41) is 6.18. The third kappa shape index (κ3) is 4.77. The molecule has 3 atom stereocenters. The highest BCUT2D eigenvalue weighted by atomic mass is 16.5. The van der Waals surface area contributed by atoms with E-state index in [1.807, 2.05) is 6.92 Å². The molecule has 0 aliphatic carbocycles. The van der Waals surface area contributed by atoms with Crippen molar-refractivity contribution in [2.75, 3.05) is 39.2 Å². The predicted octanol–water partition coefficient (Wildman–Crippen LogP) is 0.936. The van der Waals surface area contributed by atoms with Gasteiger partial charge in [-0.25, -0.2) is 9.97 Å². The number of anilines is 1. The molecule has 162 valence electrons. The number of nitrogens with one attached hydrogen (secondary N) is 3. The molecule has 0 unspecified atom stereocenters. The second-order valence-electron chi connectivity index (χ2n) is 7.29. The summed E-state index contributed by atoms with van der Waals surface area (Å²) in [6.45, 7) is 6.89. The van der Waals surface area contributed by atoms with Gasteiger partial charge in [0.15, 0.2) is 5.65 Å². The van der Waals surface area contributed by atoms with Crippen molar-refractivity contribution in [2.45, 2.75) is 31.5 Å². The van der Waals surface area contributed by atoms with Crippen LogP contribution in [0.5, 0.6) is 0 Å². The van der Waals surface area contributed by atoms with Crippen LogP contribution in [0.3, 0.4) is 0 Å². The van der Waals surface area contributed by atoms with Gasteiger partial charge >= 0.3 is 0 Å². The molecule has 0 spiro atoms. The minimum atomic E-state index is -0.257. The molecule has 2 aromatic rings. The van der Waals surface area contributed by atoms with Crippen LogP contribution in [0.25, 0.3) is 11.2 Å². The maximum absolute atomic E-state index is 12.6. The van der Waals surface area contributed by atoms with Crippen LogP contribution in [-0.2, 0) is 14.3 Å². The summed E-state index contributed by atoms with van der Waals surface area (Å²) in [6.07, 6.45) is 5.10. The SMILES string of the molecule is C=CC(=O)N1CC[C@H](OC)[C@H](Nc2cnc3[nH]cc(C(=O)N[C@@H](C)COC)c3n2)C1. The van der Waals surface area contributed by atoms with Gasteiger partial charge in [-0.05, 0) is 19.4 Å². The van der Waals surface area contributed by atoms with Gasteiger partial charge in [-0.15, -0.1) is 0 Å². The molecule has 3 rings (SSSR count). The van der Waals surface area contributed by atoms with Gasteiger partial charge in [0.2, 0.25) is 5.91 Å². The molecule has 0 radical (unpaired) electrons. The van der Waals surface area contributed by atoms with Gasteiger partial charge in [0, 0.05) is 39.5 Å². The molecule has 10 nitrogen and oxygen atoms in total. The molecular formula is C20H28N6O4. The second-order valence-corrected chi connectivity index (χ2v) is 7.29. The quantitative estimate of drug-likeness (QED) is 0.548. The fourth-order valence-corrected chi connectivity index (χ4v) is 3.60. The number of likely N-dealkylation sites (tertiary alicyclic amines) is 1. The number of carbonyl (C=O) groups is 2. The largest absolute Gasteiger partial charge is 0.383 e. The molecule has 1 saturated heterocycles. The van der Waals surface area contributed by atoms with E-state index in [-0.39, 0.29) is 30.0 Å². The van der Waals surface area contributed by atoms with Gasteiger partial charge in [-0.3, -0.25) is 9.59 Å². The Hall–Kier alpha value is -2.98. The Labute approximate surface area is 175 Å². The number of nitrogens with zero attached hydrogens (tertiary/aromatic N) is 3. The summed E-state index contributed by atoms with van der Waals surface area (Å²) in [4.78, 5) is 38.3. The molecule has 3 heterocycles. The molecule has 3 N–H and O–H groups in total. The van der Waals surface area contributed by atoms with E-state index in [1.165, 1.54) is 6.08 Å². The third-order valence-electron chi connectivity index (χ3n) is 5.09. The summed E-state index contributed by atoms with van der Waals surface area (Å²) >= 11 is 0. The smallest absolute Gasteiger partial charge is 0.255 e. The fraction of sp³-hybridized carbons (Fsp3) is 0.500. The summed E-state index contributed by atoms with van der Waals surface area (Å²) < 4.78 is 10.6. The fourth-order valence-electron chi connectivity index (χ4n) is 3.60. The maximum atomic E-state index is 12.6. The van der Waals surface area contributed by atoms with Crippen LogP contribution in [0.4, 0.5) is 5.82 Å². The lowest BCUT2D eigenvalue weighted by Gasteiger charge is -2.37. The molecule has 0 bridgehead atoms. The van der Waals surface area contributed by atoms with Crippen molar-refractivity contribution in [1.82, 2.24) is 25.2 Å². The number of piperidine rings is 1. The minimum absolute atomic E-state index is 0.0831. The topological polar surface area (TPSA) is 121 Å². The third-order valence-corrected chi connectivity index (χ3v) is 5.09. The van der Waals surface area contributed by atoms with Gasteiger partial charge in [0.1, 0.15) is 11.3 Å². The standard InChI is InChI=1S/C20H28N6O4/c1-5-17(27)26-7-6-15(30-4)14(10-26)24-16-9-22-19-18(25-16)13(8-21-19)20(28)23-12(2)11-29-3/h5,8-9,12,14-15H,1,6-7,10-11H2,2-4H3,(H,21,22)(H,23,28)(H,24,25)/t12-,14+,15-/m0/s1. The van der Waals surface area contributed by atoms with Gasteiger partial charge in [-0.2, -0.15) is 0 Å². The molecule has 0 saturated carbocycles. The number of aromatic amines is 1. The Bertz CT molecular complexity index is 914. The highest BCUT2D eigenvalue weighted by Crippen LogP contribution is 2.21. The van der Waals surface area contributed by atoms with Crippen LogP contribution in [-0.4, -0.2) is 83.8 Å². The number of carbonyl (C=O) groups excluding carboxylic acids is 2. The lowest BCUT2D eigenvalue weighted by Crippen LogP contribution is -2.52. The summed E-state index contributed by atoms with van der Waals surface area (Å²) in [5.74, 6) is 0.126. The van der Waals surface area contributed by atoms with E-state index in [1.54, 1.807) is 31.5 Å². The molecule has 1 aliphatic heterocycles. The first-order valence-corrected chi connectivity index (χ1v) is 9.81. The van der Waals surface area contributed by atoms with Crippen molar-refractivity contribution in [2.24, 2.45) is 0 Å². The summed E-state index contributed by atoms with van der Waals surface area (Å²) in [7, 11) is 3.23. The average Bonchev–Trinajstić information content (AvgIpc) is 3.16. The number of rotatable bonds is 8. The molecule has 1 aliphatic rings. The molecular weight excluding hydrogens is 388 g/mol. The van der Waals surface area contributed by atoms with Gasteiger partial charge in [-0.1, -0.05) is 6.58 Å². The Morgan fingerprint density at radius 3 is 2.97 bits per heavy atom. The number of methoxy groups -OCH3 is 2. The second kappa shape index (κ2) is 9.68. The van der Waals surface area contributed by atoms with E-state index in [2.05, 4.69) is 32.2 Å². The van der Waals surface area contributed by atoms with Crippen LogP contribution in [0, 0.1) is 0 Å². The van der Waals surface area contributed by atoms with E-state index in [9.17, 15) is 9.59 Å². The van der Waals surface area contributed by atoms with Crippen molar-refractivity contribution in [1.29, 1.82) is 0 Å². The van der Waals surface area contributed by atoms with E-state index >= 15 is 0 Å². The number of H-pyrrole nitrogens is 1. The van der Waals surface area contributed by atoms with Crippen LogP contribution in [0.15, 0.2) is 25.0 Å². The van der Waals surface area contributed by atoms with E-state index in [4.69, 9.17) is 9.47 Å². The number of hydrogen-bond donors (Lipinski definition) is 3. The normalized spacial score (nSPS) is 20.0. The zero-order chi connectivity index (χ0) is 21.7. The Morgan fingerprint density at radius 1 is 1.47 bits per heavy atom. The van der Waals surface area contributed by atoms with Gasteiger partial charge in [0.05, 0.1) is 30.5 Å². The minimum Gasteiger partial charge on any atom is -0.383 e. The average molecular weight is 416 g/mol. The van der Waals surface area contributed by atoms with Gasteiger partial charge < -0.3 is 30.0 Å². The number of ether oxygens (including phenoxy) is 2. The first-order chi connectivity index (χ1) is 14.5. The lowest BCUT2D eigenvalue weighted by molar-refractivity contribution is -0.128. The van der Waals surface area contributed by atoms with Crippen molar-refractivity contribution < 1.29 is 19.1 Å². The molecule has 1 fully saturated rings. The monoisotopic (exact) mass is 416 g/mol.